The normalized spacial score (nSPS) is 12.4. The van der Waals surface area contributed by atoms with E-state index >= 15 is 0 Å². The minimum atomic E-state index is -4.46. The van der Waals surface area contributed by atoms with Crippen molar-refractivity contribution in [2.45, 2.75) is 12.3 Å². The molecule has 0 fully saturated rings. The zero-order valence-corrected chi connectivity index (χ0v) is 11.7. The Labute approximate surface area is 125 Å². The van der Waals surface area contributed by atoms with E-state index in [0.717, 1.165) is 12.1 Å². The number of urea groups is 1. The van der Waals surface area contributed by atoms with Crippen molar-refractivity contribution in [3.8, 4) is 5.75 Å². The Bertz CT molecular complexity index is 506. The Kier molecular flexibility index (Phi) is 6.71. The summed E-state index contributed by atoms with van der Waals surface area (Å²) in [6.07, 6.45) is -4.01. The summed E-state index contributed by atoms with van der Waals surface area (Å²) in [6.45, 7) is 3.36. The van der Waals surface area contributed by atoms with E-state index in [1.807, 2.05) is 0 Å². The molecule has 0 saturated carbocycles. The molecule has 0 saturated heterocycles. The van der Waals surface area contributed by atoms with Gasteiger partial charge in [-0.25, -0.2) is 4.79 Å². The lowest BCUT2D eigenvalue weighted by molar-refractivity contribution is -0.137. The van der Waals surface area contributed by atoms with Crippen molar-refractivity contribution in [3.05, 3.63) is 42.5 Å². The molecule has 0 aromatic heterocycles. The SMILES string of the molecule is C=CCNC(=O)NCC(O)COc1cccc(C(F)(F)F)c1. The lowest BCUT2D eigenvalue weighted by atomic mass is 10.2. The second-order valence-corrected chi connectivity index (χ2v) is 4.37. The number of hydrogen-bond donors (Lipinski definition) is 3. The molecule has 0 heterocycles. The van der Waals surface area contributed by atoms with Gasteiger partial charge in [0.2, 0.25) is 0 Å². The van der Waals surface area contributed by atoms with Crippen molar-refractivity contribution >= 4 is 6.03 Å². The van der Waals surface area contributed by atoms with E-state index in [9.17, 15) is 23.1 Å². The molecule has 2 amide bonds. The molecule has 0 radical (unpaired) electrons. The number of benzene rings is 1. The maximum absolute atomic E-state index is 12.5. The van der Waals surface area contributed by atoms with Crippen LogP contribution in [0.5, 0.6) is 5.75 Å². The van der Waals surface area contributed by atoms with E-state index in [1.165, 1.54) is 18.2 Å². The summed E-state index contributed by atoms with van der Waals surface area (Å²) >= 11 is 0. The monoisotopic (exact) mass is 318 g/mol. The molecule has 1 aromatic rings. The first-order valence-corrected chi connectivity index (χ1v) is 6.43. The lowest BCUT2D eigenvalue weighted by Gasteiger charge is -2.14. The smallest absolute Gasteiger partial charge is 0.416 e. The minimum absolute atomic E-state index is 0.00927. The Balaban J connectivity index is 2.39. The van der Waals surface area contributed by atoms with Crippen LogP contribution in [-0.4, -0.2) is 36.9 Å². The molecule has 1 aromatic carbocycles. The quantitative estimate of drug-likeness (QED) is 0.673. The van der Waals surface area contributed by atoms with Crippen LogP contribution in [0.15, 0.2) is 36.9 Å². The van der Waals surface area contributed by atoms with Crippen LogP contribution in [0.1, 0.15) is 5.56 Å². The molecule has 0 aliphatic carbocycles. The van der Waals surface area contributed by atoms with Crippen LogP contribution in [0.2, 0.25) is 0 Å². The number of nitrogens with one attached hydrogen (secondary N) is 2. The molecule has 8 heteroatoms. The van der Waals surface area contributed by atoms with Crippen LogP contribution in [0.4, 0.5) is 18.0 Å². The van der Waals surface area contributed by atoms with Crippen molar-refractivity contribution in [3.63, 3.8) is 0 Å². The topological polar surface area (TPSA) is 70.6 Å². The molecule has 0 aliphatic heterocycles. The number of carbonyl (C=O) groups excluding carboxylic acids is 1. The Morgan fingerprint density at radius 2 is 2.14 bits per heavy atom. The molecule has 0 bridgehead atoms. The Hall–Kier alpha value is -2.22. The Morgan fingerprint density at radius 3 is 2.77 bits per heavy atom. The molecular weight excluding hydrogens is 301 g/mol. The predicted molar refractivity (Wildman–Crippen MR) is 74.5 cm³/mol. The predicted octanol–water partition coefficient (Wildman–Crippen LogP) is 1.93. The van der Waals surface area contributed by atoms with Crippen LogP contribution in [-0.2, 0) is 6.18 Å². The number of alkyl halides is 3. The molecular formula is C14H17F3N2O3. The van der Waals surface area contributed by atoms with Gasteiger partial charge in [0.05, 0.1) is 5.56 Å². The average molecular weight is 318 g/mol. The maximum Gasteiger partial charge on any atom is 0.416 e. The van der Waals surface area contributed by atoms with Gasteiger partial charge >= 0.3 is 12.2 Å². The number of rotatable bonds is 7. The van der Waals surface area contributed by atoms with Crippen LogP contribution in [0.3, 0.4) is 0 Å². The molecule has 0 spiro atoms. The zero-order valence-electron chi connectivity index (χ0n) is 11.7. The molecule has 3 N–H and O–H groups in total. The van der Waals surface area contributed by atoms with Crippen molar-refractivity contribution in [1.82, 2.24) is 10.6 Å². The zero-order chi connectivity index (χ0) is 16.6. The van der Waals surface area contributed by atoms with Gasteiger partial charge in [-0.2, -0.15) is 13.2 Å². The van der Waals surface area contributed by atoms with Crippen LogP contribution in [0, 0.1) is 0 Å². The molecule has 0 aliphatic rings. The van der Waals surface area contributed by atoms with Gasteiger partial charge in [-0.1, -0.05) is 12.1 Å². The fourth-order valence-electron chi connectivity index (χ4n) is 1.45. The van der Waals surface area contributed by atoms with E-state index in [-0.39, 0.29) is 25.4 Å². The molecule has 22 heavy (non-hydrogen) atoms. The highest BCUT2D eigenvalue weighted by atomic mass is 19.4. The first-order valence-electron chi connectivity index (χ1n) is 6.43. The molecule has 122 valence electrons. The number of aliphatic hydroxyl groups excluding tert-OH is 1. The van der Waals surface area contributed by atoms with E-state index in [0.29, 0.717) is 0 Å². The van der Waals surface area contributed by atoms with Crippen molar-refractivity contribution in [2.24, 2.45) is 0 Å². The highest BCUT2D eigenvalue weighted by molar-refractivity contribution is 5.73. The number of halogens is 3. The molecule has 1 atom stereocenters. The molecule has 5 nitrogen and oxygen atoms in total. The Morgan fingerprint density at radius 1 is 1.41 bits per heavy atom. The summed E-state index contributed by atoms with van der Waals surface area (Å²) in [5.74, 6) is -0.00927. The highest BCUT2D eigenvalue weighted by Gasteiger charge is 2.30. The van der Waals surface area contributed by atoms with Crippen molar-refractivity contribution in [1.29, 1.82) is 0 Å². The fraction of sp³-hybridized carbons (Fsp3) is 0.357. The van der Waals surface area contributed by atoms with Gasteiger partial charge in [-0.15, -0.1) is 6.58 Å². The fourth-order valence-corrected chi connectivity index (χ4v) is 1.45. The summed E-state index contributed by atoms with van der Waals surface area (Å²) in [5, 5.41) is 14.4. The summed E-state index contributed by atoms with van der Waals surface area (Å²) < 4.78 is 42.6. The van der Waals surface area contributed by atoms with E-state index < -0.39 is 23.9 Å². The largest absolute Gasteiger partial charge is 0.491 e. The van der Waals surface area contributed by atoms with Gasteiger partial charge < -0.3 is 20.5 Å². The van der Waals surface area contributed by atoms with Gasteiger partial charge in [-0.3, -0.25) is 0 Å². The van der Waals surface area contributed by atoms with Crippen molar-refractivity contribution in [2.75, 3.05) is 19.7 Å². The average Bonchev–Trinajstić information content (AvgIpc) is 2.48. The van der Waals surface area contributed by atoms with Crippen LogP contribution >= 0.6 is 0 Å². The third kappa shape index (κ3) is 6.49. The van der Waals surface area contributed by atoms with Gasteiger partial charge in [0, 0.05) is 13.1 Å². The van der Waals surface area contributed by atoms with E-state index in [2.05, 4.69) is 17.2 Å². The maximum atomic E-state index is 12.5. The summed E-state index contributed by atoms with van der Waals surface area (Å²) in [4.78, 5) is 11.2. The van der Waals surface area contributed by atoms with Gasteiger partial charge in [-0.05, 0) is 18.2 Å². The van der Waals surface area contributed by atoms with Gasteiger partial charge in [0.1, 0.15) is 18.5 Å². The number of hydrogen-bond acceptors (Lipinski definition) is 3. The minimum Gasteiger partial charge on any atom is -0.491 e. The second kappa shape index (κ2) is 8.28. The lowest BCUT2D eigenvalue weighted by Crippen LogP contribution is -2.41. The summed E-state index contributed by atoms with van der Waals surface area (Å²) in [5.41, 5.74) is -0.832. The van der Waals surface area contributed by atoms with Gasteiger partial charge in [0.15, 0.2) is 0 Å². The van der Waals surface area contributed by atoms with Gasteiger partial charge in [0.25, 0.3) is 0 Å². The first-order chi connectivity index (χ1) is 10.3. The first kappa shape index (κ1) is 17.8. The number of amides is 2. The third-order valence-electron chi connectivity index (χ3n) is 2.51. The summed E-state index contributed by atoms with van der Waals surface area (Å²) in [7, 11) is 0. The standard InChI is InChI=1S/C14H17F3N2O3/c1-2-6-18-13(21)19-8-11(20)9-22-12-5-3-4-10(7-12)14(15,16)17/h2-5,7,11,20H,1,6,8-9H2,(H2,18,19,21). The van der Waals surface area contributed by atoms with E-state index in [1.54, 1.807) is 0 Å². The number of carbonyl (C=O) groups is 1. The van der Waals surface area contributed by atoms with Crippen LogP contribution in [0.25, 0.3) is 0 Å². The second-order valence-electron chi connectivity index (χ2n) is 4.37. The van der Waals surface area contributed by atoms with Crippen LogP contribution < -0.4 is 15.4 Å². The highest BCUT2D eigenvalue weighted by Crippen LogP contribution is 2.31. The summed E-state index contributed by atoms with van der Waals surface area (Å²) in [6, 6.07) is 3.85. The van der Waals surface area contributed by atoms with E-state index in [4.69, 9.17) is 4.74 Å². The number of aliphatic hydroxyl groups is 1. The van der Waals surface area contributed by atoms with Crippen molar-refractivity contribution < 1.29 is 27.8 Å². The molecule has 1 unspecified atom stereocenters. The molecule has 1 rings (SSSR count). The third-order valence-corrected chi connectivity index (χ3v) is 2.51. The number of ether oxygens (including phenoxy) is 1.